The molecule has 0 bridgehead atoms. The summed E-state index contributed by atoms with van der Waals surface area (Å²) in [5, 5.41) is 9.17. The van der Waals surface area contributed by atoms with Gasteiger partial charge < -0.3 is 10.3 Å². The van der Waals surface area contributed by atoms with Gasteiger partial charge in [0.25, 0.3) is 0 Å². The number of nitrogens with two attached hydrogens (primary N) is 1. The highest BCUT2D eigenvalue weighted by molar-refractivity contribution is 7.90. The van der Waals surface area contributed by atoms with E-state index in [1.165, 1.54) is 11.1 Å². The van der Waals surface area contributed by atoms with Gasteiger partial charge in [0.2, 0.25) is 0 Å². The smallest absolute Gasteiger partial charge is 0.136 e. The first-order valence-corrected chi connectivity index (χ1v) is 10.9. The van der Waals surface area contributed by atoms with Gasteiger partial charge in [-0.15, -0.1) is 4.72 Å². The maximum Gasteiger partial charge on any atom is 0.136 e. The Morgan fingerprint density at radius 3 is 2.36 bits per heavy atom. The van der Waals surface area contributed by atoms with Crippen molar-refractivity contribution in [3.8, 4) is 6.07 Å². The van der Waals surface area contributed by atoms with E-state index in [4.69, 9.17) is 5.73 Å². The minimum Gasteiger partial charge on any atom is -0.598 e. The van der Waals surface area contributed by atoms with Crippen LogP contribution in [0.3, 0.4) is 0 Å². The molecule has 0 aliphatic heterocycles. The van der Waals surface area contributed by atoms with E-state index in [1.54, 1.807) is 0 Å². The van der Waals surface area contributed by atoms with Gasteiger partial charge in [0, 0.05) is 29.0 Å². The molecule has 0 radical (unpaired) electrons. The number of hydrogen-bond donors (Lipinski definition) is 2. The average Bonchev–Trinajstić information content (AvgIpc) is 3.50. The highest BCUT2D eigenvalue weighted by Gasteiger charge is 2.47. The number of benzene rings is 2. The molecule has 0 spiro atoms. The fourth-order valence-electron chi connectivity index (χ4n) is 3.92. The second kappa shape index (κ2) is 8.16. The topological polar surface area (TPSA) is 84.9 Å². The highest BCUT2D eigenvalue weighted by atomic mass is 32.2. The summed E-state index contributed by atoms with van der Waals surface area (Å²) in [6.07, 6.45) is 3.16. The van der Waals surface area contributed by atoms with Crippen molar-refractivity contribution in [3.63, 3.8) is 0 Å². The van der Waals surface area contributed by atoms with Crippen LogP contribution in [0.2, 0.25) is 0 Å². The highest BCUT2D eigenvalue weighted by Crippen LogP contribution is 2.53. The van der Waals surface area contributed by atoms with Crippen molar-refractivity contribution in [2.75, 3.05) is 12.3 Å². The van der Waals surface area contributed by atoms with Gasteiger partial charge in [-0.05, 0) is 81.3 Å². The standard InChI is InChI=1S/C23H29N3OS/c1-22(2,3)28(27)26-14-13-23(19-11-12-19,20-5-4-6-21(25)15-20)18-9-7-17(16-24)8-10-18/h4-10,15,19,26H,11-14,25H2,1-3H3. The summed E-state index contributed by atoms with van der Waals surface area (Å²) in [6, 6.07) is 18.2. The molecule has 1 aliphatic rings. The summed E-state index contributed by atoms with van der Waals surface area (Å²) >= 11 is -1.10. The summed E-state index contributed by atoms with van der Waals surface area (Å²) < 4.78 is 15.4. The zero-order chi connectivity index (χ0) is 20.4. The van der Waals surface area contributed by atoms with Crippen LogP contribution in [0, 0.1) is 17.2 Å². The number of nitrogen functional groups attached to an aromatic ring is 1. The molecule has 3 N–H and O–H groups in total. The molecule has 2 atom stereocenters. The molecule has 5 heteroatoms. The summed E-state index contributed by atoms with van der Waals surface area (Å²) in [6.45, 7) is 6.57. The van der Waals surface area contributed by atoms with Crippen LogP contribution < -0.4 is 10.5 Å². The SMILES string of the molecule is CC(C)(C)[S+]([O-])NCCC(c1ccc(C#N)cc1)(c1cccc(N)c1)C1CC1. The van der Waals surface area contributed by atoms with Crippen LogP contribution in [0.5, 0.6) is 0 Å². The molecule has 1 aliphatic carbocycles. The Morgan fingerprint density at radius 1 is 1.14 bits per heavy atom. The molecule has 4 nitrogen and oxygen atoms in total. The summed E-state index contributed by atoms with van der Waals surface area (Å²) in [5.74, 6) is 0.520. The van der Waals surface area contributed by atoms with E-state index in [0.717, 1.165) is 24.9 Å². The normalized spacial score (nSPS) is 17.5. The Bertz CT molecular complexity index is 849. The van der Waals surface area contributed by atoms with Gasteiger partial charge in [-0.25, -0.2) is 0 Å². The largest absolute Gasteiger partial charge is 0.598 e. The lowest BCUT2D eigenvalue weighted by molar-refractivity contribution is 0.411. The first-order valence-electron chi connectivity index (χ1n) is 9.79. The van der Waals surface area contributed by atoms with Crippen molar-refractivity contribution in [2.45, 2.75) is 50.2 Å². The van der Waals surface area contributed by atoms with E-state index in [1.807, 2.05) is 45.0 Å². The Labute approximate surface area is 171 Å². The number of nitrogens with one attached hydrogen (secondary N) is 1. The molecule has 0 aromatic heterocycles. The minimum atomic E-state index is -1.10. The van der Waals surface area contributed by atoms with Crippen LogP contribution in [0.4, 0.5) is 5.69 Å². The predicted molar refractivity (Wildman–Crippen MR) is 116 cm³/mol. The van der Waals surface area contributed by atoms with Crippen LogP contribution >= 0.6 is 0 Å². The first-order chi connectivity index (χ1) is 13.3. The lowest BCUT2D eigenvalue weighted by Gasteiger charge is -2.36. The van der Waals surface area contributed by atoms with Crippen molar-refractivity contribution >= 4 is 17.0 Å². The van der Waals surface area contributed by atoms with E-state index >= 15 is 0 Å². The molecule has 148 valence electrons. The molecule has 0 heterocycles. The van der Waals surface area contributed by atoms with Crippen molar-refractivity contribution in [1.29, 1.82) is 5.26 Å². The van der Waals surface area contributed by atoms with Gasteiger partial charge in [0.05, 0.1) is 11.6 Å². The number of nitrogens with zero attached hydrogens (tertiary/aromatic N) is 1. The Hall–Kier alpha value is -2.00. The van der Waals surface area contributed by atoms with E-state index < -0.39 is 11.4 Å². The second-order valence-corrected chi connectivity index (χ2v) is 10.6. The zero-order valence-electron chi connectivity index (χ0n) is 16.9. The molecule has 28 heavy (non-hydrogen) atoms. The lowest BCUT2D eigenvalue weighted by atomic mass is 9.68. The van der Waals surface area contributed by atoms with E-state index in [0.29, 0.717) is 18.0 Å². The van der Waals surface area contributed by atoms with Gasteiger partial charge in [0.1, 0.15) is 4.75 Å². The van der Waals surface area contributed by atoms with Crippen LogP contribution in [0.25, 0.3) is 0 Å². The number of rotatable bonds is 7. The third-order valence-corrected chi connectivity index (χ3v) is 7.09. The van der Waals surface area contributed by atoms with Gasteiger partial charge in [-0.1, -0.05) is 24.3 Å². The summed E-state index contributed by atoms with van der Waals surface area (Å²) in [7, 11) is 0. The monoisotopic (exact) mass is 395 g/mol. The van der Waals surface area contributed by atoms with Gasteiger partial charge >= 0.3 is 0 Å². The Morgan fingerprint density at radius 2 is 1.82 bits per heavy atom. The number of hydrogen-bond acceptors (Lipinski definition) is 4. The fourth-order valence-corrected chi connectivity index (χ4v) is 4.64. The van der Waals surface area contributed by atoms with Crippen molar-refractivity contribution < 1.29 is 4.55 Å². The third kappa shape index (κ3) is 4.35. The molecule has 0 amide bonds. The Kier molecular flexibility index (Phi) is 6.04. The van der Waals surface area contributed by atoms with Crippen LogP contribution in [0.1, 0.15) is 56.7 Å². The summed E-state index contributed by atoms with van der Waals surface area (Å²) in [4.78, 5) is 0. The van der Waals surface area contributed by atoms with E-state index in [2.05, 4.69) is 35.1 Å². The van der Waals surface area contributed by atoms with Crippen LogP contribution in [-0.2, 0) is 16.8 Å². The molecule has 2 aromatic rings. The minimum absolute atomic E-state index is 0.196. The second-order valence-electron chi connectivity index (χ2n) is 8.59. The number of anilines is 1. The van der Waals surface area contributed by atoms with Gasteiger partial charge in [-0.2, -0.15) is 5.26 Å². The van der Waals surface area contributed by atoms with Gasteiger partial charge in [-0.3, -0.25) is 0 Å². The molecule has 0 saturated heterocycles. The van der Waals surface area contributed by atoms with Crippen LogP contribution in [0.15, 0.2) is 48.5 Å². The molecule has 2 unspecified atom stereocenters. The number of nitriles is 1. The zero-order valence-corrected chi connectivity index (χ0v) is 17.7. The maximum absolute atomic E-state index is 12.5. The molecule has 1 saturated carbocycles. The predicted octanol–water partition coefficient (Wildman–Crippen LogP) is 4.28. The van der Waals surface area contributed by atoms with Crippen LogP contribution in [-0.4, -0.2) is 15.8 Å². The third-order valence-electron chi connectivity index (χ3n) is 5.51. The van der Waals surface area contributed by atoms with Gasteiger partial charge in [0.15, 0.2) is 0 Å². The van der Waals surface area contributed by atoms with Crippen molar-refractivity contribution in [2.24, 2.45) is 5.92 Å². The van der Waals surface area contributed by atoms with Crippen molar-refractivity contribution in [3.05, 3.63) is 65.2 Å². The molecule has 1 fully saturated rings. The lowest BCUT2D eigenvalue weighted by Crippen LogP contribution is -2.42. The molecule has 3 rings (SSSR count). The molecule has 2 aromatic carbocycles. The Balaban J connectivity index is 1.98. The quantitative estimate of drug-likeness (QED) is 0.541. The maximum atomic E-state index is 12.5. The fraction of sp³-hybridized carbons (Fsp3) is 0.435. The van der Waals surface area contributed by atoms with E-state index in [9.17, 15) is 9.81 Å². The average molecular weight is 396 g/mol. The van der Waals surface area contributed by atoms with Crippen molar-refractivity contribution in [1.82, 2.24) is 4.72 Å². The van der Waals surface area contributed by atoms with E-state index in [-0.39, 0.29) is 10.2 Å². The first kappa shape index (κ1) is 20.7. The molecular weight excluding hydrogens is 366 g/mol. The molecular formula is C23H29N3OS. The summed E-state index contributed by atoms with van der Waals surface area (Å²) in [5.41, 5.74) is 9.74.